The fourth-order valence-corrected chi connectivity index (χ4v) is 2.73. The van der Waals surface area contributed by atoms with Crippen molar-refractivity contribution < 1.29 is 21.9 Å². The highest BCUT2D eigenvalue weighted by Gasteiger charge is 2.22. The number of nitrogens with zero attached hydrogens (tertiary/aromatic N) is 2. The van der Waals surface area contributed by atoms with E-state index < -0.39 is 16.6 Å². The first-order chi connectivity index (χ1) is 9.89. The maximum atomic E-state index is 12.1. The monoisotopic (exact) mass is 317 g/mol. The number of hydrogen-bond donors (Lipinski definition) is 1. The third-order valence-electron chi connectivity index (χ3n) is 2.72. The van der Waals surface area contributed by atoms with Gasteiger partial charge in [0.1, 0.15) is 5.75 Å². The van der Waals surface area contributed by atoms with Gasteiger partial charge in [0.15, 0.2) is 5.03 Å². The summed E-state index contributed by atoms with van der Waals surface area (Å²) in [6.07, 6.45) is 1.34. The van der Waals surface area contributed by atoms with Gasteiger partial charge in [0.25, 0.3) is 10.0 Å². The molecule has 9 heteroatoms. The number of sulfonamides is 1. The lowest BCUT2D eigenvalue weighted by Gasteiger charge is -2.16. The van der Waals surface area contributed by atoms with Crippen LogP contribution >= 0.6 is 0 Å². The van der Waals surface area contributed by atoms with E-state index in [-0.39, 0.29) is 17.3 Å². The Morgan fingerprint density at radius 2 is 1.95 bits per heavy atom. The van der Waals surface area contributed by atoms with Gasteiger partial charge in [-0.3, -0.25) is 5.10 Å². The standard InChI is InChI=1S/C12H13F2N3O3S/c1-17(21(18,19)11-6-7-15-16-11)8-9-2-4-10(5-3-9)20-12(13)14/h2-7,12H,8H2,1H3,(H,15,16). The van der Waals surface area contributed by atoms with Crippen LogP contribution in [0.2, 0.25) is 0 Å². The summed E-state index contributed by atoms with van der Waals surface area (Å²) in [6.45, 7) is -2.80. The second-order valence-corrected chi connectivity index (χ2v) is 6.22. The quantitative estimate of drug-likeness (QED) is 0.882. The predicted molar refractivity (Wildman–Crippen MR) is 70.3 cm³/mol. The van der Waals surface area contributed by atoms with E-state index in [2.05, 4.69) is 14.9 Å². The lowest BCUT2D eigenvalue weighted by Crippen LogP contribution is -2.26. The van der Waals surface area contributed by atoms with Crippen molar-refractivity contribution in [2.45, 2.75) is 18.2 Å². The summed E-state index contributed by atoms with van der Waals surface area (Å²) < 4.78 is 53.7. The average molecular weight is 317 g/mol. The molecule has 1 N–H and O–H groups in total. The molecule has 114 valence electrons. The molecule has 0 saturated heterocycles. The van der Waals surface area contributed by atoms with Crippen LogP contribution in [-0.2, 0) is 16.6 Å². The summed E-state index contributed by atoms with van der Waals surface area (Å²) in [7, 11) is -2.24. The van der Waals surface area contributed by atoms with E-state index in [0.29, 0.717) is 5.56 Å². The van der Waals surface area contributed by atoms with E-state index in [1.54, 1.807) is 0 Å². The third-order valence-corrected chi connectivity index (χ3v) is 4.45. The zero-order valence-electron chi connectivity index (χ0n) is 11.0. The second kappa shape index (κ2) is 6.19. The molecule has 1 heterocycles. The van der Waals surface area contributed by atoms with Crippen molar-refractivity contribution in [2.24, 2.45) is 0 Å². The van der Waals surface area contributed by atoms with Crippen LogP contribution in [0.1, 0.15) is 5.56 Å². The van der Waals surface area contributed by atoms with Crippen molar-refractivity contribution in [3.63, 3.8) is 0 Å². The van der Waals surface area contributed by atoms with E-state index in [9.17, 15) is 17.2 Å². The van der Waals surface area contributed by atoms with E-state index in [4.69, 9.17) is 0 Å². The summed E-state index contributed by atoms with van der Waals surface area (Å²) >= 11 is 0. The summed E-state index contributed by atoms with van der Waals surface area (Å²) in [5.74, 6) is 0.0211. The highest BCUT2D eigenvalue weighted by Crippen LogP contribution is 2.18. The van der Waals surface area contributed by atoms with Crippen LogP contribution in [0.4, 0.5) is 8.78 Å². The minimum atomic E-state index is -3.66. The van der Waals surface area contributed by atoms with Gasteiger partial charge < -0.3 is 4.74 Å². The maximum absolute atomic E-state index is 12.1. The average Bonchev–Trinajstić information content (AvgIpc) is 2.95. The number of benzene rings is 1. The summed E-state index contributed by atoms with van der Waals surface area (Å²) in [5, 5.41) is 5.98. The second-order valence-electron chi connectivity index (χ2n) is 4.20. The first kappa shape index (κ1) is 15.4. The van der Waals surface area contributed by atoms with Gasteiger partial charge in [-0.1, -0.05) is 12.1 Å². The van der Waals surface area contributed by atoms with Crippen molar-refractivity contribution in [3.05, 3.63) is 42.1 Å². The van der Waals surface area contributed by atoms with E-state index in [1.807, 2.05) is 0 Å². The van der Waals surface area contributed by atoms with Crippen molar-refractivity contribution in [1.82, 2.24) is 14.5 Å². The minimum absolute atomic E-state index is 0.0114. The Bertz CT molecular complexity index is 672. The number of rotatable bonds is 6. The van der Waals surface area contributed by atoms with Crippen LogP contribution in [0, 0.1) is 0 Å². The molecule has 0 radical (unpaired) electrons. The van der Waals surface area contributed by atoms with Gasteiger partial charge in [-0.2, -0.15) is 18.2 Å². The molecule has 0 amide bonds. The molecule has 2 aromatic rings. The molecule has 0 spiro atoms. The molecule has 2 rings (SSSR count). The lowest BCUT2D eigenvalue weighted by atomic mass is 10.2. The Labute approximate surface area is 120 Å². The van der Waals surface area contributed by atoms with Crippen molar-refractivity contribution in [1.29, 1.82) is 0 Å². The number of alkyl halides is 2. The number of aromatic nitrogens is 2. The SMILES string of the molecule is CN(Cc1ccc(OC(F)F)cc1)S(=O)(=O)c1ccn[nH]1. The zero-order valence-corrected chi connectivity index (χ0v) is 11.8. The fraction of sp³-hybridized carbons (Fsp3) is 0.250. The molecule has 21 heavy (non-hydrogen) atoms. The Kier molecular flexibility index (Phi) is 4.53. The number of nitrogens with one attached hydrogen (secondary N) is 1. The van der Waals surface area contributed by atoms with E-state index in [1.165, 1.54) is 43.6 Å². The normalized spacial score (nSPS) is 12.0. The number of H-pyrrole nitrogens is 1. The molecule has 0 atom stereocenters. The van der Waals surface area contributed by atoms with E-state index >= 15 is 0 Å². The number of aromatic amines is 1. The summed E-state index contributed by atoms with van der Waals surface area (Å²) in [5.41, 5.74) is 0.641. The molecule has 0 aliphatic heterocycles. The maximum Gasteiger partial charge on any atom is 0.387 e. The highest BCUT2D eigenvalue weighted by atomic mass is 32.2. The molecule has 6 nitrogen and oxygen atoms in total. The first-order valence-electron chi connectivity index (χ1n) is 5.89. The Morgan fingerprint density at radius 3 is 2.48 bits per heavy atom. The summed E-state index contributed by atoms with van der Waals surface area (Å²) in [4.78, 5) is 0. The van der Waals surface area contributed by atoms with Gasteiger partial charge in [0.05, 0.1) is 6.20 Å². The topological polar surface area (TPSA) is 75.3 Å². The zero-order chi connectivity index (χ0) is 15.5. The molecule has 0 bridgehead atoms. The molecule has 1 aromatic heterocycles. The molecule has 0 saturated carbocycles. The largest absolute Gasteiger partial charge is 0.435 e. The third kappa shape index (κ3) is 3.76. The van der Waals surface area contributed by atoms with Crippen molar-refractivity contribution in [3.8, 4) is 5.75 Å². The smallest absolute Gasteiger partial charge is 0.387 e. The van der Waals surface area contributed by atoms with Gasteiger partial charge in [-0.25, -0.2) is 8.42 Å². The van der Waals surface area contributed by atoms with Crippen LogP contribution < -0.4 is 4.74 Å². The van der Waals surface area contributed by atoms with Crippen LogP contribution in [0.3, 0.4) is 0 Å². The molecule has 1 aromatic carbocycles. The highest BCUT2D eigenvalue weighted by molar-refractivity contribution is 7.89. The van der Waals surface area contributed by atoms with Gasteiger partial charge in [0, 0.05) is 13.6 Å². The van der Waals surface area contributed by atoms with Crippen LogP contribution in [-0.4, -0.2) is 36.6 Å². The van der Waals surface area contributed by atoms with E-state index in [0.717, 1.165) is 4.31 Å². The number of halogens is 2. The predicted octanol–water partition coefficient (Wildman–Crippen LogP) is 1.83. The number of ether oxygens (including phenoxy) is 1. The first-order valence-corrected chi connectivity index (χ1v) is 7.33. The van der Waals surface area contributed by atoms with Crippen LogP contribution in [0.25, 0.3) is 0 Å². The lowest BCUT2D eigenvalue weighted by molar-refractivity contribution is -0.0498. The van der Waals surface area contributed by atoms with Crippen LogP contribution in [0.5, 0.6) is 5.75 Å². The molecule has 0 fully saturated rings. The molecular weight excluding hydrogens is 304 g/mol. The van der Waals surface area contributed by atoms with Crippen LogP contribution in [0.15, 0.2) is 41.6 Å². The number of hydrogen-bond acceptors (Lipinski definition) is 4. The van der Waals surface area contributed by atoms with Crippen molar-refractivity contribution in [2.75, 3.05) is 7.05 Å². The Hall–Kier alpha value is -2.00. The Balaban J connectivity index is 2.08. The molecule has 0 aliphatic carbocycles. The summed E-state index contributed by atoms with van der Waals surface area (Å²) in [6, 6.07) is 7.12. The van der Waals surface area contributed by atoms with Gasteiger partial charge in [-0.15, -0.1) is 0 Å². The molecule has 0 aliphatic rings. The Morgan fingerprint density at radius 1 is 1.29 bits per heavy atom. The minimum Gasteiger partial charge on any atom is -0.435 e. The van der Waals surface area contributed by atoms with Gasteiger partial charge in [-0.05, 0) is 23.8 Å². The molecule has 0 unspecified atom stereocenters. The van der Waals surface area contributed by atoms with Crippen molar-refractivity contribution >= 4 is 10.0 Å². The van der Waals surface area contributed by atoms with Gasteiger partial charge in [0.2, 0.25) is 0 Å². The fourth-order valence-electron chi connectivity index (χ4n) is 1.67. The molecular formula is C12H13F2N3O3S. The van der Waals surface area contributed by atoms with Gasteiger partial charge >= 0.3 is 6.61 Å².